The highest BCUT2D eigenvalue weighted by Crippen LogP contribution is 2.12. The molecule has 24 heavy (non-hydrogen) atoms. The van der Waals surface area contributed by atoms with Crippen LogP contribution in [0.1, 0.15) is 28.8 Å². The zero-order valence-corrected chi connectivity index (χ0v) is 13.2. The molecule has 3 rings (SSSR count). The number of carbonyl (C=O) groups is 1. The fourth-order valence-electron chi connectivity index (χ4n) is 2.47. The molecule has 1 aromatic heterocycles. The number of amides is 1. The highest BCUT2D eigenvalue weighted by Gasteiger charge is 2.15. The Bertz CT molecular complexity index is 687. The molecule has 0 bridgehead atoms. The van der Waals surface area contributed by atoms with Crippen molar-refractivity contribution in [1.29, 1.82) is 0 Å². The second-order valence-corrected chi connectivity index (χ2v) is 5.59. The number of ether oxygens (including phenoxy) is 1. The number of nitrogens with zero attached hydrogens (tertiary/aromatic N) is 2. The van der Waals surface area contributed by atoms with Crippen molar-refractivity contribution in [2.24, 2.45) is 0 Å². The molecule has 2 heterocycles. The lowest BCUT2D eigenvalue weighted by Gasteiger charge is -2.10. The third-order valence-corrected chi connectivity index (χ3v) is 3.82. The van der Waals surface area contributed by atoms with Crippen molar-refractivity contribution in [2.45, 2.75) is 25.5 Å². The maximum atomic E-state index is 13.5. The minimum atomic E-state index is -0.345. The average Bonchev–Trinajstić information content (AvgIpc) is 3.13. The number of benzene rings is 1. The molecule has 1 amide bonds. The molecule has 1 aliphatic heterocycles. The first-order chi connectivity index (χ1) is 11.7. The van der Waals surface area contributed by atoms with E-state index in [-0.39, 0.29) is 24.4 Å². The SMILES string of the molecule is O=C(NCc1ccccc1F)c1cnc(NCC2CCCO2)nc1. The van der Waals surface area contributed by atoms with E-state index in [0.717, 1.165) is 19.4 Å². The van der Waals surface area contributed by atoms with Gasteiger partial charge in [-0.05, 0) is 18.9 Å². The number of rotatable bonds is 6. The van der Waals surface area contributed by atoms with E-state index in [0.29, 0.717) is 23.6 Å². The monoisotopic (exact) mass is 330 g/mol. The number of anilines is 1. The Balaban J connectivity index is 1.50. The Morgan fingerprint density at radius 3 is 2.79 bits per heavy atom. The molecule has 0 aliphatic carbocycles. The van der Waals surface area contributed by atoms with Crippen LogP contribution < -0.4 is 10.6 Å². The fourth-order valence-corrected chi connectivity index (χ4v) is 2.47. The molecule has 2 N–H and O–H groups in total. The summed E-state index contributed by atoms with van der Waals surface area (Å²) in [6.45, 7) is 1.57. The maximum Gasteiger partial charge on any atom is 0.254 e. The van der Waals surface area contributed by atoms with Crippen LogP contribution in [0.3, 0.4) is 0 Å². The van der Waals surface area contributed by atoms with Crippen molar-refractivity contribution < 1.29 is 13.9 Å². The van der Waals surface area contributed by atoms with Crippen molar-refractivity contribution >= 4 is 11.9 Å². The Kier molecular flexibility index (Phi) is 5.32. The van der Waals surface area contributed by atoms with Crippen LogP contribution >= 0.6 is 0 Å². The van der Waals surface area contributed by atoms with E-state index < -0.39 is 0 Å². The third kappa shape index (κ3) is 4.26. The summed E-state index contributed by atoms with van der Waals surface area (Å²) in [7, 11) is 0. The highest BCUT2D eigenvalue weighted by atomic mass is 19.1. The largest absolute Gasteiger partial charge is 0.376 e. The van der Waals surface area contributed by atoms with Crippen LogP contribution in [-0.2, 0) is 11.3 Å². The molecule has 1 unspecified atom stereocenters. The lowest BCUT2D eigenvalue weighted by molar-refractivity contribution is 0.0950. The van der Waals surface area contributed by atoms with Crippen LogP contribution in [0.5, 0.6) is 0 Å². The van der Waals surface area contributed by atoms with Crippen LogP contribution in [0, 0.1) is 5.82 Å². The van der Waals surface area contributed by atoms with Crippen LogP contribution in [0.2, 0.25) is 0 Å². The summed E-state index contributed by atoms with van der Waals surface area (Å²) in [5.74, 6) is -0.234. The van der Waals surface area contributed by atoms with Crippen molar-refractivity contribution in [3.05, 3.63) is 53.6 Å². The van der Waals surface area contributed by atoms with Gasteiger partial charge in [-0.1, -0.05) is 18.2 Å². The molecule has 0 saturated carbocycles. The van der Waals surface area contributed by atoms with E-state index in [1.54, 1.807) is 18.2 Å². The second kappa shape index (κ2) is 7.83. The molecule has 1 aliphatic rings. The zero-order valence-electron chi connectivity index (χ0n) is 13.2. The third-order valence-electron chi connectivity index (χ3n) is 3.82. The molecule has 126 valence electrons. The van der Waals surface area contributed by atoms with Crippen LogP contribution in [-0.4, -0.2) is 35.1 Å². The first kappa shape index (κ1) is 16.3. The van der Waals surface area contributed by atoms with Crippen molar-refractivity contribution in [3.8, 4) is 0 Å². The Morgan fingerprint density at radius 2 is 2.08 bits per heavy atom. The highest BCUT2D eigenvalue weighted by molar-refractivity contribution is 5.93. The smallest absolute Gasteiger partial charge is 0.254 e. The molecule has 1 saturated heterocycles. The minimum Gasteiger partial charge on any atom is -0.376 e. The number of nitrogens with one attached hydrogen (secondary N) is 2. The molecule has 0 radical (unpaired) electrons. The summed E-state index contributed by atoms with van der Waals surface area (Å²) in [6, 6.07) is 6.32. The van der Waals surface area contributed by atoms with Gasteiger partial charge in [0.25, 0.3) is 5.91 Å². The molecule has 1 atom stereocenters. The van der Waals surface area contributed by atoms with E-state index in [4.69, 9.17) is 4.74 Å². The molecule has 2 aromatic rings. The summed E-state index contributed by atoms with van der Waals surface area (Å²) in [5.41, 5.74) is 0.760. The summed E-state index contributed by atoms with van der Waals surface area (Å²) in [6.07, 6.45) is 5.19. The van der Waals surface area contributed by atoms with Crippen molar-refractivity contribution in [1.82, 2.24) is 15.3 Å². The van der Waals surface area contributed by atoms with Gasteiger partial charge in [0.15, 0.2) is 0 Å². The van der Waals surface area contributed by atoms with Gasteiger partial charge >= 0.3 is 0 Å². The predicted molar refractivity (Wildman–Crippen MR) is 87.1 cm³/mol. The number of halogens is 1. The predicted octanol–water partition coefficient (Wildman–Crippen LogP) is 2.14. The van der Waals surface area contributed by atoms with Crippen LogP contribution in [0.15, 0.2) is 36.7 Å². The van der Waals surface area contributed by atoms with E-state index in [1.807, 2.05) is 0 Å². The number of hydrogen-bond donors (Lipinski definition) is 2. The van der Waals surface area contributed by atoms with Gasteiger partial charge in [0.1, 0.15) is 5.82 Å². The zero-order chi connectivity index (χ0) is 16.8. The average molecular weight is 330 g/mol. The summed E-state index contributed by atoms with van der Waals surface area (Å²) in [4.78, 5) is 20.3. The number of hydrogen-bond acceptors (Lipinski definition) is 5. The molecular weight excluding hydrogens is 311 g/mol. The lowest BCUT2D eigenvalue weighted by atomic mass is 10.2. The summed E-state index contributed by atoms with van der Waals surface area (Å²) in [5, 5.41) is 5.74. The Labute approximate surface area is 139 Å². The van der Waals surface area contributed by atoms with E-state index in [1.165, 1.54) is 18.5 Å². The first-order valence-corrected chi connectivity index (χ1v) is 7.91. The summed E-state index contributed by atoms with van der Waals surface area (Å²) < 4.78 is 19.0. The van der Waals surface area contributed by atoms with Gasteiger partial charge < -0.3 is 15.4 Å². The van der Waals surface area contributed by atoms with Gasteiger partial charge in [-0.3, -0.25) is 4.79 Å². The minimum absolute atomic E-state index is 0.116. The van der Waals surface area contributed by atoms with Crippen LogP contribution in [0.4, 0.5) is 10.3 Å². The van der Waals surface area contributed by atoms with Crippen LogP contribution in [0.25, 0.3) is 0 Å². The van der Waals surface area contributed by atoms with E-state index >= 15 is 0 Å². The van der Waals surface area contributed by atoms with Gasteiger partial charge in [0.2, 0.25) is 5.95 Å². The van der Waals surface area contributed by atoms with Gasteiger partial charge in [0, 0.05) is 37.7 Å². The number of aromatic nitrogens is 2. The molecule has 1 aromatic carbocycles. The van der Waals surface area contributed by atoms with Crippen molar-refractivity contribution in [3.63, 3.8) is 0 Å². The summed E-state index contributed by atoms with van der Waals surface area (Å²) >= 11 is 0. The number of carbonyl (C=O) groups excluding carboxylic acids is 1. The van der Waals surface area contributed by atoms with Crippen molar-refractivity contribution in [2.75, 3.05) is 18.5 Å². The first-order valence-electron chi connectivity index (χ1n) is 7.91. The molecule has 0 spiro atoms. The van der Waals surface area contributed by atoms with E-state index in [2.05, 4.69) is 20.6 Å². The van der Waals surface area contributed by atoms with Gasteiger partial charge in [-0.2, -0.15) is 0 Å². The Morgan fingerprint density at radius 1 is 1.29 bits per heavy atom. The van der Waals surface area contributed by atoms with E-state index in [9.17, 15) is 9.18 Å². The molecule has 1 fully saturated rings. The van der Waals surface area contributed by atoms with Gasteiger partial charge in [0.05, 0.1) is 11.7 Å². The standard InChI is InChI=1S/C17H19FN4O2/c18-15-6-2-1-4-12(15)8-19-16(23)13-9-20-17(21-10-13)22-11-14-5-3-7-24-14/h1-2,4,6,9-10,14H,3,5,7-8,11H2,(H,19,23)(H,20,21,22). The quantitative estimate of drug-likeness (QED) is 0.849. The lowest BCUT2D eigenvalue weighted by Crippen LogP contribution is -2.24. The van der Waals surface area contributed by atoms with Gasteiger partial charge in [-0.25, -0.2) is 14.4 Å². The molecular formula is C17H19FN4O2. The topological polar surface area (TPSA) is 76.1 Å². The molecule has 6 nitrogen and oxygen atoms in total. The molecule has 7 heteroatoms. The maximum absolute atomic E-state index is 13.5. The fraction of sp³-hybridized carbons (Fsp3) is 0.353. The Hall–Kier alpha value is -2.54. The second-order valence-electron chi connectivity index (χ2n) is 5.59. The normalized spacial score (nSPS) is 16.8. The van der Waals surface area contributed by atoms with Gasteiger partial charge in [-0.15, -0.1) is 0 Å².